The van der Waals surface area contributed by atoms with E-state index in [-0.39, 0.29) is 11.8 Å². The predicted octanol–water partition coefficient (Wildman–Crippen LogP) is 5.24. The van der Waals surface area contributed by atoms with Gasteiger partial charge in [-0.1, -0.05) is 32.0 Å². The van der Waals surface area contributed by atoms with Gasteiger partial charge in [0.1, 0.15) is 11.5 Å². The highest BCUT2D eigenvalue weighted by molar-refractivity contribution is 6.00. The highest BCUT2D eigenvalue weighted by atomic mass is 16.5. The van der Waals surface area contributed by atoms with Crippen molar-refractivity contribution in [3.8, 4) is 11.4 Å². The maximum absolute atomic E-state index is 13.4. The van der Waals surface area contributed by atoms with Crippen molar-refractivity contribution < 1.29 is 14.3 Å². The fraction of sp³-hybridized carbons (Fsp3) is 0.400. The van der Waals surface area contributed by atoms with Gasteiger partial charge in [0.05, 0.1) is 13.2 Å². The first-order chi connectivity index (χ1) is 19.0. The Hall–Kier alpha value is -3.82. The first kappa shape index (κ1) is 28.2. The Morgan fingerprint density at radius 2 is 1.56 bits per heavy atom. The number of nitrogens with zero attached hydrogens (tertiary/aromatic N) is 4. The minimum atomic E-state index is -0.326. The number of benzene rings is 2. The van der Waals surface area contributed by atoms with Crippen LogP contribution in [0.25, 0.3) is 11.4 Å². The van der Waals surface area contributed by atoms with Crippen LogP contribution in [-0.4, -0.2) is 72.6 Å². The van der Waals surface area contributed by atoms with Gasteiger partial charge in [0.25, 0.3) is 0 Å². The molecule has 1 aliphatic heterocycles. The molecule has 3 aromatic rings. The zero-order valence-corrected chi connectivity index (χ0v) is 23.1. The standard InChI is InChI=1S/C30H38N6O3/c1-4-35(5-2)17-9-12-26(37)27-22(3)29(36-18-20-39-21-19-36)34-28(33-27)23-13-15-25(16-14-23)32-30(38)31-24-10-7-6-8-11-24/h6-8,10-11,13-16H,4-5,9,12,17-21H2,1-3H3,(H2,31,32,38). The highest BCUT2D eigenvalue weighted by Crippen LogP contribution is 2.27. The van der Waals surface area contributed by atoms with Crippen LogP contribution in [0.15, 0.2) is 54.6 Å². The second kappa shape index (κ2) is 13.8. The van der Waals surface area contributed by atoms with Crippen LogP contribution in [0.4, 0.5) is 22.0 Å². The summed E-state index contributed by atoms with van der Waals surface area (Å²) in [6.07, 6.45) is 1.23. The first-order valence-electron chi connectivity index (χ1n) is 13.7. The van der Waals surface area contributed by atoms with Gasteiger partial charge in [-0.25, -0.2) is 14.8 Å². The minimum Gasteiger partial charge on any atom is -0.378 e. The number of hydrogen-bond acceptors (Lipinski definition) is 7. The summed E-state index contributed by atoms with van der Waals surface area (Å²) in [5.41, 5.74) is 3.41. The number of hydrogen-bond donors (Lipinski definition) is 2. The maximum Gasteiger partial charge on any atom is 0.323 e. The lowest BCUT2D eigenvalue weighted by atomic mass is 10.1. The lowest BCUT2D eigenvalue weighted by Crippen LogP contribution is -2.37. The van der Waals surface area contributed by atoms with E-state index in [1.165, 1.54) is 0 Å². The summed E-state index contributed by atoms with van der Waals surface area (Å²) in [5.74, 6) is 1.31. The Balaban J connectivity index is 1.54. The Bertz CT molecular complexity index is 1240. The van der Waals surface area contributed by atoms with Gasteiger partial charge < -0.3 is 25.2 Å². The van der Waals surface area contributed by atoms with Gasteiger partial charge in [0.2, 0.25) is 0 Å². The third-order valence-electron chi connectivity index (χ3n) is 6.90. The molecule has 4 rings (SSSR count). The van der Waals surface area contributed by atoms with E-state index in [1.807, 2.05) is 61.5 Å². The number of nitrogens with one attached hydrogen (secondary N) is 2. The molecular weight excluding hydrogens is 492 g/mol. The summed E-state index contributed by atoms with van der Waals surface area (Å²) in [7, 11) is 0. The van der Waals surface area contributed by atoms with Crippen LogP contribution in [0.5, 0.6) is 0 Å². The van der Waals surface area contributed by atoms with Crippen LogP contribution in [0.1, 0.15) is 42.7 Å². The SMILES string of the molecule is CCN(CC)CCCC(=O)c1nc(-c2ccc(NC(=O)Nc3ccccc3)cc2)nc(N2CCOCC2)c1C. The minimum absolute atomic E-state index is 0.0358. The average molecular weight is 531 g/mol. The lowest BCUT2D eigenvalue weighted by molar-refractivity contribution is 0.0969. The van der Waals surface area contributed by atoms with Gasteiger partial charge in [0.15, 0.2) is 11.6 Å². The van der Waals surface area contributed by atoms with Crippen molar-refractivity contribution >= 4 is 29.0 Å². The Morgan fingerprint density at radius 1 is 0.923 bits per heavy atom. The normalized spacial score (nSPS) is 13.4. The number of Topliss-reactive ketones (excluding diaryl/α,β-unsaturated/α-hetero) is 1. The van der Waals surface area contributed by atoms with Crippen LogP contribution in [0, 0.1) is 6.92 Å². The van der Waals surface area contributed by atoms with Crippen LogP contribution in [0.2, 0.25) is 0 Å². The van der Waals surface area contributed by atoms with Gasteiger partial charge in [-0.3, -0.25) is 4.79 Å². The van der Waals surface area contributed by atoms with Crippen molar-refractivity contribution in [3.05, 3.63) is 65.9 Å². The maximum atomic E-state index is 13.4. The fourth-order valence-corrected chi connectivity index (χ4v) is 4.63. The number of amides is 2. The van der Waals surface area contributed by atoms with E-state index in [4.69, 9.17) is 14.7 Å². The molecule has 206 valence electrons. The number of carbonyl (C=O) groups excluding carboxylic acids is 2. The third kappa shape index (κ3) is 7.61. The summed E-state index contributed by atoms with van der Waals surface area (Å²) in [5, 5.41) is 5.65. The Morgan fingerprint density at radius 3 is 2.21 bits per heavy atom. The first-order valence-corrected chi connectivity index (χ1v) is 13.7. The fourth-order valence-electron chi connectivity index (χ4n) is 4.63. The van der Waals surface area contributed by atoms with Crippen LogP contribution in [0.3, 0.4) is 0 Å². The number of morpholine rings is 1. The predicted molar refractivity (Wildman–Crippen MR) is 156 cm³/mol. The molecule has 0 atom stereocenters. The zero-order chi connectivity index (χ0) is 27.6. The molecule has 2 N–H and O–H groups in total. The molecule has 39 heavy (non-hydrogen) atoms. The molecule has 2 aromatic carbocycles. The molecule has 2 amide bonds. The van der Waals surface area contributed by atoms with Crippen molar-refractivity contribution in [2.24, 2.45) is 0 Å². The molecule has 9 nitrogen and oxygen atoms in total. The molecule has 0 radical (unpaired) electrons. The number of anilines is 3. The second-order valence-corrected chi connectivity index (χ2v) is 9.52. The van der Waals surface area contributed by atoms with E-state index in [0.717, 1.165) is 43.0 Å². The summed E-state index contributed by atoms with van der Waals surface area (Å²) >= 11 is 0. The van der Waals surface area contributed by atoms with E-state index in [0.29, 0.717) is 55.6 Å². The highest BCUT2D eigenvalue weighted by Gasteiger charge is 2.23. The Labute approximate surface area is 230 Å². The van der Waals surface area contributed by atoms with Gasteiger partial charge in [0, 0.05) is 42.0 Å². The molecule has 0 spiro atoms. The topological polar surface area (TPSA) is 99.7 Å². The molecule has 1 aliphatic rings. The van der Waals surface area contributed by atoms with E-state index >= 15 is 0 Å². The summed E-state index contributed by atoms with van der Waals surface area (Å²) in [4.78, 5) is 39.9. The number of urea groups is 1. The van der Waals surface area contributed by atoms with Crippen LogP contribution >= 0.6 is 0 Å². The van der Waals surface area contributed by atoms with Crippen molar-refractivity contribution in [2.75, 3.05) is 61.5 Å². The molecule has 0 saturated carbocycles. The molecule has 1 aromatic heterocycles. The van der Waals surface area contributed by atoms with Crippen molar-refractivity contribution in [2.45, 2.75) is 33.6 Å². The lowest BCUT2D eigenvalue weighted by Gasteiger charge is -2.29. The van der Waals surface area contributed by atoms with E-state index in [2.05, 4.69) is 34.3 Å². The largest absolute Gasteiger partial charge is 0.378 e. The van der Waals surface area contributed by atoms with Crippen LogP contribution < -0.4 is 15.5 Å². The van der Waals surface area contributed by atoms with Gasteiger partial charge in [-0.15, -0.1) is 0 Å². The number of para-hydroxylation sites is 1. The molecular formula is C30H38N6O3. The molecule has 1 fully saturated rings. The van der Waals surface area contributed by atoms with Crippen LogP contribution in [-0.2, 0) is 4.74 Å². The Kier molecular flexibility index (Phi) is 9.99. The van der Waals surface area contributed by atoms with E-state index < -0.39 is 0 Å². The smallest absolute Gasteiger partial charge is 0.323 e. The second-order valence-electron chi connectivity index (χ2n) is 9.52. The molecule has 1 saturated heterocycles. The average Bonchev–Trinajstić information content (AvgIpc) is 2.97. The van der Waals surface area contributed by atoms with Crippen molar-refractivity contribution in [1.29, 1.82) is 0 Å². The van der Waals surface area contributed by atoms with Gasteiger partial charge in [-0.2, -0.15) is 0 Å². The van der Waals surface area contributed by atoms with E-state index in [9.17, 15) is 9.59 Å². The number of ether oxygens (including phenoxy) is 1. The van der Waals surface area contributed by atoms with E-state index in [1.54, 1.807) is 0 Å². The molecule has 0 bridgehead atoms. The quantitative estimate of drug-likeness (QED) is 0.327. The van der Waals surface area contributed by atoms with Crippen molar-refractivity contribution in [1.82, 2.24) is 14.9 Å². The number of carbonyl (C=O) groups is 2. The molecule has 9 heteroatoms. The molecule has 0 aliphatic carbocycles. The molecule has 0 unspecified atom stereocenters. The third-order valence-corrected chi connectivity index (χ3v) is 6.90. The zero-order valence-electron chi connectivity index (χ0n) is 23.1. The molecule has 2 heterocycles. The summed E-state index contributed by atoms with van der Waals surface area (Å²) < 4.78 is 5.54. The number of ketones is 1. The number of aromatic nitrogens is 2. The summed E-state index contributed by atoms with van der Waals surface area (Å²) in [6, 6.07) is 16.3. The van der Waals surface area contributed by atoms with Crippen molar-refractivity contribution in [3.63, 3.8) is 0 Å². The van der Waals surface area contributed by atoms with Gasteiger partial charge in [-0.05, 0) is 69.4 Å². The number of rotatable bonds is 11. The monoisotopic (exact) mass is 530 g/mol. The summed E-state index contributed by atoms with van der Waals surface area (Å²) in [6.45, 7) is 11.7. The van der Waals surface area contributed by atoms with Gasteiger partial charge >= 0.3 is 6.03 Å².